The first kappa shape index (κ1) is 14.4. The molecule has 0 bridgehead atoms. The second-order valence-corrected chi connectivity index (χ2v) is 6.47. The molecule has 0 radical (unpaired) electrons. The van der Waals surface area contributed by atoms with Crippen molar-refractivity contribution >= 4 is 21.4 Å². The van der Waals surface area contributed by atoms with E-state index < -0.39 is 10.0 Å². The van der Waals surface area contributed by atoms with Crippen LogP contribution >= 0.6 is 0 Å². The number of hydrogen-bond acceptors (Lipinski definition) is 4. The van der Waals surface area contributed by atoms with Crippen LogP contribution in [-0.4, -0.2) is 24.9 Å². The fourth-order valence-corrected chi connectivity index (χ4v) is 3.57. The van der Waals surface area contributed by atoms with Crippen LogP contribution in [0.4, 0.5) is 5.69 Å². The van der Waals surface area contributed by atoms with Crippen molar-refractivity contribution < 1.29 is 13.2 Å². The lowest BCUT2D eigenvalue weighted by atomic mass is 10.2. The van der Waals surface area contributed by atoms with Crippen LogP contribution in [0.15, 0.2) is 53.8 Å². The zero-order valence-corrected chi connectivity index (χ0v) is 13.0. The lowest BCUT2D eigenvalue weighted by molar-refractivity contribution is 0.414. The first-order valence-electron chi connectivity index (χ1n) is 6.60. The molecule has 22 heavy (non-hydrogen) atoms. The summed E-state index contributed by atoms with van der Waals surface area (Å²) in [5, 5.41) is 0. The molecule has 0 saturated carbocycles. The maximum Gasteiger partial charge on any atom is 0.262 e. The Bertz CT molecular complexity index is 932. The zero-order chi connectivity index (χ0) is 15.7. The van der Waals surface area contributed by atoms with Crippen molar-refractivity contribution in [1.29, 1.82) is 0 Å². The van der Waals surface area contributed by atoms with Crippen LogP contribution in [0.5, 0.6) is 5.75 Å². The minimum Gasteiger partial charge on any atom is -0.497 e. The highest BCUT2D eigenvalue weighted by Crippen LogP contribution is 2.24. The Morgan fingerprint density at radius 3 is 2.77 bits per heavy atom. The van der Waals surface area contributed by atoms with E-state index >= 15 is 0 Å². The van der Waals surface area contributed by atoms with E-state index in [4.69, 9.17) is 4.74 Å². The number of methoxy groups -OCH3 is 1. The Labute approximate surface area is 128 Å². The molecule has 0 fully saturated rings. The van der Waals surface area contributed by atoms with Gasteiger partial charge >= 0.3 is 0 Å². The van der Waals surface area contributed by atoms with Crippen molar-refractivity contribution in [2.45, 2.75) is 11.8 Å². The number of sulfonamides is 1. The van der Waals surface area contributed by atoms with Gasteiger partial charge in [0.05, 0.1) is 17.7 Å². The minimum atomic E-state index is -3.70. The first-order valence-corrected chi connectivity index (χ1v) is 8.09. The summed E-state index contributed by atoms with van der Waals surface area (Å²) in [5.41, 5.74) is 1.60. The summed E-state index contributed by atoms with van der Waals surface area (Å²) in [4.78, 5) is 4.37. The number of nitrogens with zero attached hydrogens (tertiary/aromatic N) is 2. The molecule has 0 unspecified atom stereocenters. The molecule has 0 saturated heterocycles. The van der Waals surface area contributed by atoms with E-state index in [2.05, 4.69) is 9.71 Å². The van der Waals surface area contributed by atoms with Gasteiger partial charge in [-0.2, -0.15) is 0 Å². The highest BCUT2D eigenvalue weighted by Gasteiger charge is 2.18. The number of imidazole rings is 1. The van der Waals surface area contributed by atoms with Crippen LogP contribution < -0.4 is 9.46 Å². The number of nitrogens with one attached hydrogen (secondary N) is 1. The van der Waals surface area contributed by atoms with Gasteiger partial charge in [-0.05, 0) is 42.8 Å². The van der Waals surface area contributed by atoms with Gasteiger partial charge in [0, 0.05) is 18.6 Å². The molecular weight excluding hydrogens is 302 g/mol. The molecule has 3 aromatic rings. The average Bonchev–Trinajstić information content (AvgIpc) is 2.96. The number of aryl methyl sites for hydroxylation is 1. The minimum absolute atomic E-state index is 0.210. The monoisotopic (exact) mass is 317 g/mol. The van der Waals surface area contributed by atoms with Crippen LogP contribution in [0.2, 0.25) is 0 Å². The zero-order valence-electron chi connectivity index (χ0n) is 12.1. The summed E-state index contributed by atoms with van der Waals surface area (Å²) in [5.74, 6) is 0.617. The van der Waals surface area contributed by atoms with Crippen LogP contribution in [0, 0.1) is 6.92 Å². The van der Waals surface area contributed by atoms with Crippen molar-refractivity contribution in [1.82, 2.24) is 9.38 Å². The Hall–Kier alpha value is -2.54. The molecule has 3 rings (SSSR count). The van der Waals surface area contributed by atoms with Gasteiger partial charge in [-0.25, -0.2) is 13.4 Å². The summed E-state index contributed by atoms with van der Waals surface area (Å²) in [6.07, 6.45) is 5.18. The molecule has 0 aliphatic carbocycles. The summed E-state index contributed by atoms with van der Waals surface area (Å²) >= 11 is 0. The maximum atomic E-state index is 12.6. The second kappa shape index (κ2) is 5.34. The van der Waals surface area contributed by atoms with Crippen LogP contribution in [0.25, 0.3) is 5.65 Å². The number of benzene rings is 1. The van der Waals surface area contributed by atoms with Crippen molar-refractivity contribution in [3.63, 3.8) is 0 Å². The average molecular weight is 317 g/mol. The van der Waals surface area contributed by atoms with Gasteiger partial charge in [-0.1, -0.05) is 0 Å². The van der Waals surface area contributed by atoms with Crippen LogP contribution in [0.1, 0.15) is 5.56 Å². The number of rotatable bonds is 4. The van der Waals surface area contributed by atoms with E-state index in [0.29, 0.717) is 22.6 Å². The molecule has 2 heterocycles. The SMILES string of the molecule is COc1ccc(S(=O)(=O)Nc2cccn3ccnc23)c(C)c1. The summed E-state index contributed by atoms with van der Waals surface area (Å²) in [7, 11) is -2.16. The number of hydrogen-bond donors (Lipinski definition) is 1. The van der Waals surface area contributed by atoms with Gasteiger partial charge < -0.3 is 9.14 Å². The molecule has 2 aromatic heterocycles. The number of aromatic nitrogens is 2. The van der Waals surface area contributed by atoms with E-state index in [1.807, 2.05) is 0 Å². The molecule has 0 amide bonds. The largest absolute Gasteiger partial charge is 0.497 e. The molecule has 0 spiro atoms. The Morgan fingerprint density at radius 1 is 1.23 bits per heavy atom. The molecule has 6 nitrogen and oxygen atoms in total. The molecule has 7 heteroatoms. The lowest BCUT2D eigenvalue weighted by Crippen LogP contribution is -2.15. The Morgan fingerprint density at radius 2 is 2.05 bits per heavy atom. The highest BCUT2D eigenvalue weighted by molar-refractivity contribution is 7.92. The number of anilines is 1. The van der Waals surface area contributed by atoms with E-state index in [0.717, 1.165) is 0 Å². The third-order valence-electron chi connectivity index (χ3n) is 3.34. The Kier molecular flexibility index (Phi) is 3.50. The standard InChI is InChI=1S/C15H15N3O3S/c1-11-10-12(21-2)5-6-14(11)22(19,20)17-13-4-3-8-18-9-7-16-15(13)18/h3-10,17H,1-2H3. The lowest BCUT2D eigenvalue weighted by Gasteiger charge is -2.12. The first-order chi connectivity index (χ1) is 10.5. The molecule has 1 aromatic carbocycles. The van der Waals surface area contributed by atoms with Crippen molar-refractivity contribution in [3.05, 3.63) is 54.5 Å². The smallest absolute Gasteiger partial charge is 0.262 e. The topological polar surface area (TPSA) is 72.7 Å². The van der Waals surface area contributed by atoms with Crippen molar-refractivity contribution in [3.8, 4) is 5.75 Å². The van der Waals surface area contributed by atoms with Gasteiger partial charge in [0.15, 0.2) is 5.65 Å². The van der Waals surface area contributed by atoms with E-state index in [-0.39, 0.29) is 4.90 Å². The summed E-state index contributed by atoms with van der Waals surface area (Å²) < 4.78 is 34.6. The molecule has 1 N–H and O–H groups in total. The van der Waals surface area contributed by atoms with Gasteiger partial charge in [0.25, 0.3) is 10.0 Å². The molecule has 0 atom stereocenters. The van der Waals surface area contributed by atoms with Gasteiger partial charge in [-0.15, -0.1) is 0 Å². The van der Waals surface area contributed by atoms with Crippen LogP contribution in [-0.2, 0) is 10.0 Å². The molecule has 114 valence electrons. The number of fused-ring (bicyclic) bond motifs is 1. The van der Waals surface area contributed by atoms with Crippen molar-refractivity contribution in [2.75, 3.05) is 11.8 Å². The van der Waals surface area contributed by atoms with Gasteiger partial charge in [0.1, 0.15) is 5.75 Å². The van der Waals surface area contributed by atoms with Gasteiger partial charge in [-0.3, -0.25) is 4.72 Å². The summed E-state index contributed by atoms with van der Waals surface area (Å²) in [6, 6.07) is 8.27. The predicted octanol–water partition coefficient (Wildman–Crippen LogP) is 2.45. The molecular formula is C15H15N3O3S. The quantitative estimate of drug-likeness (QED) is 0.802. The van der Waals surface area contributed by atoms with E-state index in [1.165, 1.54) is 6.07 Å². The normalized spacial score (nSPS) is 11.5. The van der Waals surface area contributed by atoms with E-state index in [9.17, 15) is 8.42 Å². The number of pyridine rings is 1. The highest BCUT2D eigenvalue weighted by atomic mass is 32.2. The molecule has 0 aliphatic heterocycles. The van der Waals surface area contributed by atoms with Crippen molar-refractivity contribution in [2.24, 2.45) is 0 Å². The van der Waals surface area contributed by atoms with Gasteiger partial charge in [0.2, 0.25) is 0 Å². The Balaban J connectivity index is 2.02. The number of ether oxygens (including phenoxy) is 1. The maximum absolute atomic E-state index is 12.6. The predicted molar refractivity (Wildman–Crippen MR) is 83.7 cm³/mol. The third-order valence-corrected chi connectivity index (χ3v) is 4.86. The fourth-order valence-electron chi connectivity index (χ4n) is 2.28. The second-order valence-electron chi connectivity index (χ2n) is 4.82. The van der Waals surface area contributed by atoms with Crippen LogP contribution in [0.3, 0.4) is 0 Å². The molecule has 0 aliphatic rings. The fraction of sp³-hybridized carbons (Fsp3) is 0.133. The third kappa shape index (κ3) is 2.50. The summed E-state index contributed by atoms with van der Waals surface area (Å²) in [6.45, 7) is 1.73. The van der Waals surface area contributed by atoms with E-state index in [1.54, 1.807) is 61.3 Å².